The van der Waals surface area contributed by atoms with Crippen molar-refractivity contribution in [1.29, 1.82) is 5.26 Å². The van der Waals surface area contributed by atoms with Crippen molar-refractivity contribution in [3.8, 4) is 6.07 Å². The Morgan fingerprint density at radius 3 is 2.76 bits per heavy atom. The maximum atomic E-state index is 11.7. The summed E-state index contributed by atoms with van der Waals surface area (Å²) >= 11 is 0.862. The van der Waals surface area contributed by atoms with Crippen molar-refractivity contribution in [3.63, 3.8) is 0 Å². The quantitative estimate of drug-likeness (QED) is 0.790. The largest absolute Gasteiger partial charge is 0.355 e. The molecule has 1 aromatic rings. The van der Waals surface area contributed by atoms with Crippen LogP contribution in [0.2, 0.25) is 0 Å². The van der Waals surface area contributed by atoms with Crippen LogP contribution in [0, 0.1) is 11.3 Å². The lowest BCUT2D eigenvalue weighted by Crippen LogP contribution is -2.36. The van der Waals surface area contributed by atoms with E-state index in [0.717, 1.165) is 11.3 Å². The highest BCUT2D eigenvalue weighted by molar-refractivity contribution is 7.91. The highest BCUT2D eigenvalue weighted by Gasteiger charge is 2.17. The molecule has 8 heteroatoms. The molecule has 17 heavy (non-hydrogen) atoms. The minimum absolute atomic E-state index is 0.0262. The Morgan fingerprint density at radius 1 is 1.53 bits per heavy atom. The molecule has 1 rings (SSSR count). The number of sulfonamides is 1. The van der Waals surface area contributed by atoms with Crippen LogP contribution in [0.25, 0.3) is 0 Å². The van der Waals surface area contributed by atoms with Gasteiger partial charge in [-0.25, -0.2) is 13.1 Å². The zero-order valence-corrected chi connectivity index (χ0v) is 10.7. The van der Waals surface area contributed by atoms with Gasteiger partial charge >= 0.3 is 0 Å². The van der Waals surface area contributed by atoms with Gasteiger partial charge < -0.3 is 5.32 Å². The first kappa shape index (κ1) is 13.6. The van der Waals surface area contributed by atoms with Crippen LogP contribution in [-0.2, 0) is 14.8 Å². The van der Waals surface area contributed by atoms with E-state index in [4.69, 9.17) is 5.26 Å². The van der Waals surface area contributed by atoms with Crippen LogP contribution in [0.4, 0.5) is 0 Å². The Balaban J connectivity index is 2.70. The maximum Gasteiger partial charge on any atom is 0.250 e. The van der Waals surface area contributed by atoms with E-state index in [0.29, 0.717) is 11.4 Å². The fourth-order valence-electron chi connectivity index (χ4n) is 1.02. The monoisotopic (exact) mass is 273 g/mol. The van der Waals surface area contributed by atoms with Crippen LogP contribution in [0.15, 0.2) is 16.3 Å². The van der Waals surface area contributed by atoms with Gasteiger partial charge in [-0.15, -0.1) is 11.3 Å². The van der Waals surface area contributed by atoms with Gasteiger partial charge in [0.25, 0.3) is 10.0 Å². The molecular formula is C9H11N3O3S2. The molecule has 0 unspecified atom stereocenters. The molecule has 1 aromatic heterocycles. The van der Waals surface area contributed by atoms with Crippen LogP contribution in [0.3, 0.4) is 0 Å². The molecule has 6 nitrogen and oxygen atoms in total. The first-order chi connectivity index (χ1) is 7.99. The molecule has 1 heterocycles. The van der Waals surface area contributed by atoms with Gasteiger partial charge in [-0.3, -0.25) is 4.79 Å². The second-order valence-electron chi connectivity index (χ2n) is 3.01. The third-order valence-corrected chi connectivity index (χ3v) is 4.64. The number of nitrogens with zero attached hydrogens (tertiary/aromatic N) is 1. The Labute approximate surface area is 103 Å². The van der Waals surface area contributed by atoms with Gasteiger partial charge in [-0.2, -0.15) is 5.26 Å². The number of thiophene rings is 1. The smallest absolute Gasteiger partial charge is 0.250 e. The molecule has 0 aliphatic heterocycles. The lowest BCUT2D eigenvalue weighted by Gasteiger charge is -2.04. The standard InChI is InChI=1S/C9H11N3O3S2/c1-2-11-8(13)6-12-17(14,15)9-4-3-7(5-10)16-9/h3-4,12H,2,6H2,1H3,(H,11,13). The fraction of sp³-hybridized carbons (Fsp3) is 0.333. The molecule has 1 amide bonds. The SMILES string of the molecule is CCNC(=O)CNS(=O)(=O)c1ccc(C#N)s1. The van der Waals surface area contributed by atoms with Crippen molar-refractivity contribution in [3.05, 3.63) is 17.0 Å². The number of carbonyl (C=O) groups is 1. The molecule has 92 valence electrons. The summed E-state index contributed by atoms with van der Waals surface area (Å²) in [5.74, 6) is -0.395. The number of rotatable bonds is 5. The molecule has 0 saturated carbocycles. The normalized spacial score (nSPS) is 10.8. The minimum atomic E-state index is -3.71. The third-order valence-electron chi connectivity index (χ3n) is 1.75. The highest BCUT2D eigenvalue weighted by Crippen LogP contribution is 2.20. The molecule has 0 aliphatic carbocycles. The van der Waals surface area contributed by atoms with E-state index in [1.54, 1.807) is 6.92 Å². The molecule has 0 atom stereocenters. The minimum Gasteiger partial charge on any atom is -0.355 e. The van der Waals surface area contributed by atoms with Crippen LogP contribution in [0.1, 0.15) is 11.8 Å². The number of amides is 1. The van der Waals surface area contributed by atoms with Crippen molar-refractivity contribution in [2.24, 2.45) is 0 Å². The van der Waals surface area contributed by atoms with Crippen LogP contribution in [0.5, 0.6) is 0 Å². The zero-order chi connectivity index (χ0) is 12.9. The summed E-state index contributed by atoms with van der Waals surface area (Å²) in [6.45, 7) is 1.87. The average molecular weight is 273 g/mol. The average Bonchev–Trinajstić information content (AvgIpc) is 2.76. The zero-order valence-electron chi connectivity index (χ0n) is 9.06. The van der Waals surface area contributed by atoms with Crippen molar-refractivity contribution in [2.75, 3.05) is 13.1 Å². The van der Waals surface area contributed by atoms with Crippen molar-refractivity contribution < 1.29 is 13.2 Å². The number of likely N-dealkylation sites (N-methyl/N-ethyl adjacent to an activating group) is 1. The van der Waals surface area contributed by atoms with Gasteiger partial charge in [0, 0.05) is 6.54 Å². The predicted octanol–water partition coefficient (Wildman–Crippen LogP) is 0.0342. The highest BCUT2D eigenvalue weighted by atomic mass is 32.2. The molecule has 0 bridgehead atoms. The molecule has 0 aliphatic rings. The van der Waals surface area contributed by atoms with E-state index in [1.807, 2.05) is 6.07 Å². The Kier molecular flexibility index (Phi) is 4.62. The lowest BCUT2D eigenvalue weighted by atomic mass is 10.5. The summed E-state index contributed by atoms with van der Waals surface area (Å²) in [6, 6.07) is 4.61. The van der Waals surface area contributed by atoms with Crippen LogP contribution in [-0.4, -0.2) is 27.4 Å². The van der Waals surface area contributed by atoms with Gasteiger partial charge in [0.05, 0.1) is 6.54 Å². The van der Waals surface area contributed by atoms with Gasteiger partial charge in [0.15, 0.2) is 0 Å². The van der Waals surface area contributed by atoms with E-state index < -0.39 is 15.9 Å². The second kappa shape index (κ2) is 5.77. The first-order valence-electron chi connectivity index (χ1n) is 4.76. The van der Waals surface area contributed by atoms with Crippen LogP contribution < -0.4 is 10.0 Å². The molecule has 0 spiro atoms. The molecule has 0 fully saturated rings. The second-order valence-corrected chi connectivity index (χ2v) is 6.09. The number of nitrogens with one attached hydrogen (secondary N) is 2. The summed E-state index contributed by atoms with van der Waals surface area (Å²) in [5, 5.41) is 11.1. The third kappa shape index (κ3) is 3.81. The Bertz CT molecular complexity index is 542. The van der Waals surface area contributed by atoms with Gasteiger partial charge in [0.1, 0.15) is 15.2 Å². The summed E-state index contributed by atoms with van der Waals surface area (Å²) < 4.78 is 25.5. The number of hydrogen-bond donors (Lipinski definition) is 2. The van der Waals surface area contributed by atoms with E-state index in [9.17, 15) is 13.2 Å². The molecular weight excluding hydrogens is 262 g/mol. The van der Waals surface area contributed by atoms with Crippen LogP contribution >= 0.6 is 11.3 Å². The van der Waals surface area contributed by atoms with E-state index >= 15 is 0 Å². The van der Waals surface area contributed by atoms with Gasteiger partial charge in [0.2, 0.25) is 5.91 Å². The predicted molar refractivity (Wildman–Crippen MR) is 62.9 cm³/mol. The molecule has 0 radical (unpaired) electrons. The summed E-state index contributed by atoms with van der Waals surface area (Å²) in [6.07, 6.45) is 0. The Morgan fingerprint density at radius 2 is 2.24 bits per heavy atom. The first-order valence-corrected chi connectivity index (χ1v) is 7.06. The van der Waals surface area contributed by atoms with Gasteiger partial charge in [-0.1, -0.05) is 0 Å². The maximum absolute atomic E-state index is 11.7. The van der Waals surface area contributed by atoms with Crippen molar-refractivity contribution in [2.45, 2.75) is 11.1 Å². The van der Waals surface area contributed by atoms with E-state index in [2.05, 4.69) is 10.0 Å². The lowest BCUT2D eigenvalue weighted by molar-refractivity contribution is -0.119. The van der Waals surface area contributed by atoms with Gasteiger partial charge in [-0.05, 0) is 19.1 Å². The van der Waals surface area contributed by atoms with E-state index in [-0.39, 0.29) is 10.8 Å². The summed E-state index contributed by atoms with van der Waals surface area (Å²) in [5.41, 5.74) is 0. The molecule has 0 aromatic carbocycles. The Hall–Kier alpha value is -1.43. The summed E-state index contributed by atoms with van der Waals surface area (Å²) in [7, 11) is -3.71. The molecule has 0 saturated heterocycles. The number of carbonyl (C=O) groups excluding carboxylic acids is 1. The van der Waals surface area contributed by atoms with Crippen molar-refractivity contribution >= 4 is 27.3 Å². The fourth-order valence-corrected chi connectivity index (χ4v) is 3.15. The van der Waals surface area contributed by atoms with Crippen molar-refractivity contribution in [1.82, 2.24) is 10.0 Å². The van der Waals surface area contributed by atoms with E-state index in [1.165, 1.54) is 12.1 Å². The topological polar surface area (TPSA) is 99.1 Å². The number of hydrogen-bond acceptors (Lipinski definition) is 5. The summed E-state index contributed by atoms with van der Waals surface area (Å²) in [4.78, 5) is 11.4. The molecule has 2 N–H and O–H groups in total. The number of nitriles is 1.